The van der Waals surface area contributed by atoms with Crippen molar-refractivity contribution in [2.24, 2.45) is 0 Å². The summed E-state index contributed by atoms with van der Waals surface area (Å²) in [5, 5.41) is 3.50. The average molecular weight is 374 g/mol. The van der Waals surface area contributed by atoms with Crippen LogP contribution in [0.3, 0.4) is 0 Å². The van der Waals surface area contributed by atoms with Crippen molar-refractivity contribution in [2.75, 3.05) is 6.61 Å². The third-order valence-electron chi connectivity index (χ3n) is 4.00. The molecule has 2 aromatic carbocycles. The van der Waals surface area contributed by atoms with Crippen molar-refractivity contribution in [3.8, 4) is 5.75 Å². The van der Waals surface area contributed by atoms with Crippen molar-refractivity contribution in [2.45, 2.75) is 31.9 Å². The molecule has 1 aliphatic rings. The van der Waals surface area contributed by atoms with Gasteiger partial charge in [-0.25, -0.2) is 4.79 Å². The van der Waals surface area contributed by atoms with Crippen LogP contribution in [0.1, 0.15) is 30.1 Å². The maximum absolute atomic E-state index is 12.4. The Kier molecular flexibility index (Phi) is 5.78. The van der Waals surface area contributed by atoms with Crippen molar-refractivity contribution in [3.05, 3.63) is 64.7 Å². The second-order valence-corrected chi connectivity index (χ2v) is 6.67. The topological polar surface area (TPSA) is 64.6 Å². The van der Waals surface area contributed by atoms with Crippen LogP contribution < -0.4 is 10.1 Å². The minimum atomic E-state index is -0.986. The van der Waals surface area contributed by atoms with Gasteiger partial charge in [-0.15, -0.1) is 0 Å². The highest BCUT2D eigenvalue weighted by Gasteiger charge is 2.30. The van der Waals surface area contributed by atoms with Gasteiger partial charge in [0.15, 0.2) is 6.61 Å². The molecule has 5 nitrogen and oxygen atoms in total. The Bertz CT molecular complexity index is 790. The number of esters is 1. The quantitative estimate of drug-likeness (QED) is 0.753. The molecule has 0 spiro atoms. The van der Waals surface area contributed by atoms with Gasteiger partial charge in [-0.2, -0.15) is 0 Å². The zero-order valence-electron chi connectivity index (χ0n) is 14.4. The van der Waals surface area contributed by atoms with Gasteiger partial charge in [0.1, 0.15) is 5.75 Å². The maximum atomic E-state index is 12.4. The standard InChI is InChI=1S/C20H20ClNO4/c1-13-11-16(9-10-17(13)21)25-12-18(23)26-19(14-5-3-2-4-6-14)20(24)22-15-7-8-15/h2-6,9-11,15,19H,7-8,12H2,1H3,(H,22,24). The van der Waals surface area contributed by atoms with E-state index >= 15 is 0 Å². The Hall–Kier alpha value is -2.53. The molecule has 0 bridgehead atoms. The number of halogens is 1. The molecule has 1 N–H and O–H groups in total. The lowest BCUT2D eigenvalue weighted by atomic mass is 10.1. The third kappa shape index (κ3) is 4.99. The highest BCUT2D eigenvalue weighted by Crippen LogP contribution is 2.24. The number of benzene rings is 2. The highest BCUT2D eigenvalue weighted by molar-refractivity contribution is 6.31. The van der Waals surface area contributed by atoms with E-state index in [9.17, 15) is 9.59 Å². The van der Waals surface area contributed by atoms with Crippen LogP contribution in [-0.4, -0.2) is 24.5 Å². The van der Waals surface area contributed by atoms with E-state index in [4.69, 9.17) is 21.1 Å². The molecule has 1 atom stereocenters. The maximum Gasteiger partial charge on any atom is 0.345 e. The molecule has 0 aromatic heterocycles. The van der Waals surface area contributed by atoms with Crippen LogP contribution in [0.15, 0.2) is 48.5 Å². The van der Waals surface area contributed by atoms with Gasteiger partial charge in [-0.1, -0.05) is 41.9 Å². The molecule has 1 unspecified atom stereocenters. The number of carbonyl (C=O) groups excluding carboxylic acids is 2. The molecule has 6 heteroatoms. The van der Waals surface area contributed by atoms with Gasteiger partial charge < -0.3 is 14.8 Å². The van der Waals surface area contributed by atoms with Gasteiger partial charge in [0.25, 0.3) is 5.91 Å². The van der Waals surface area contributed by atoms with Crippen molar-refractivity contribution < 1.29 is 19.1 Å². The lowest BCUT2D eigenvalue weighted by Crippen LogP contribution is -2.34. The summed E-state index contributed by atoms with van der Waals surface area (Å²) in [5.74, 6) is -0.408. The first-order chi connectivity index (χ1) is 12.5. The molecular weight excluding hydrogens is 354 g/mol. The lowest BCUT2D eigenvalue weighted by molar-refractivity contribution is -0.158. The predicted octanol–water partition coefficient (Wildman–Crippen LogP) is 3.59. The molecule has 1 aliphatic carbocycles. The lowest BCUT2D eigenvalue weighted by Gasteiger charge is -2.18. The van der Waals surface area contributed by atoms with Crippen LogP contribution in [0.2, 0.25) is 5.02 Å². The zero-order chi connectivity index (χ0) is 18.5. The van der Waals surface area contributed by atoms with Gasteiger partial charge in [0.05, 0.1) is 0 Å². The SMILES string of the molecule is Cc1cc(OCC(=O)OC(C(=O)NC2CC2)c2ccccc2)ccc1Cl. The monoisotopic (exact) mass is 373 g/mol. The number of nitrogens with one attached hydrogen (secondary N) is 1. The molecular formula is C20H20ClNO4. The smallest absolute Gasteiger partial charge is 0.345 e. The number of hydrogen-bond acceptors (Lipinski definition) is 4. The molecule has 1 amide bonds. The number of carbonyl (C=O) groups is 2. The van der Waals surface area contributed by atoms with Crippen LogP contribution in [0.4, 0.5) is 0 Å². The van der Waals surface area contributed by atoms with E-state index in [1.807, 2.05) is 13.0 Å². The second kappa shape index (κ2) is 8.23. The molecule has 26 heavy (non-hydrogen) atoms. The van der Waals surface area contributed by atoms with E-state index in [2.05, 4.69) is 5.32 Å². The van der Waals surface area contributed by atoms with Gasteiger partial charge in [-0.3, -0.25) is 4.79 Å². The van der Waals surface area contributed by atoms with E-state index in [0.717, 1.165) is 18.4 Å². The summed E-state index contributed by atoms with van der Waals surface area (Å²) in [6.07, 6.45) is 0.931. The van der Waals surface area contributed by atoms with Crippen molar-refractivity contribution >= 4 is 23.5 Å². The Morgan fingerprint density at radius 2 is 1.92 bits per heavy atom. The Morgan fingerprint density at radius 3 is 2.58 bits per heavy atom. The first kappa shape index (κ1) is 18.3. The highest BCUT2D eigenvalue weighted by atomic mass is 35.5. The van der Waals surface area contributed by atoms with Gasteiger partial charge >= 0.3 is 5.97 Å². The average Bonchev–Trinajstić information content (AvgIpc) is 3.45. The minimum absolute atomic E-state index is 0.181. The first-order valence-electron chi connectivity index (χ1n) is 8.46. The van der Waals surface area contributed by atoms with Crippen LogP contribution >= 0.6 is 11.6 Å². The molecule has 0 radical (unpaired) electrons. The zero-order valence-corrected chi connectivity index (χ0v) is 15.2. The van der Waals surface area contributed by atoms with E-state index in [-0.39, 0.29) is 18.6 Å². The number of hydrogen-bond donors (Lipinski definition) is 1. The first-order valence-corrected chi connectivity index (χ1v) is 8.84. The molecule has 1 fully saturated rings. The fraction of sp³-hybridized carbons (Fsp3) is 0.300. The summed E-state index contributed by atoms with van der Waals surface area (Å²) in [5.41, 5.74) is 1.48. The summed E-state index contributed by atoms with van der Waals surface area (Å²) in [6, 6.07) is 14.3. The van der Waals surface area contributed by atoms with Gasteiger partial charge in [0, 0.05) is 16.6 Å². The number of aryl methyl sites for hydroxylation is 1. The normalized spacial score (nSPS) is 14.4. The van der Waals surface area contributed by atoms with Crippen molar-refractivity contribution in [3.63, 3.8) is 0 Å². The molecule has 0 heterocycles. The summed E-state index contributed by atoms with van der Waals surface area (Å²) in [6.45, 7) is 1.56. The molecule has 1 saturated carbocycles. The molecule has 0 saturated heterocycles. The third-order valence-corrected chi connectivity index (χ3v) is 4.42. The van der Waals surface area contributed by atoms with Crippen LogP contribution in [-0.2, 0) is 14.3 Å². The van der Waals surface area contributed by atoms with Gasteiger partial charge in [0.2, 0.25) is 6.10 Å². The second-order valence-electron chi connectivity index (χ2n) is 6.26. The largest absolute Gasteiger partial charge is 0.482 e. The fourth-order valence-electron chi connectivity index (χ4n) is 2.42. The van der Waals surface area contributed by atoms with E-state index in [0.29, 0.717) is 16.3 Å². The summed E-state index contributed by atoms with van der Waals surface area (Å²) < 4.78 is 10.8. The van der Waals surface area contributed by atoms with Gasteiger partial charge in [-0.05, 0) is 43.5 Å². The Morgan fingerprint density at radius 1 is 1.19 bits per heavy atom. The van der Waals surface area contributed by atoms with Crippen molar-refractivity contribution in [1.29, 1.82) is 0 Å². The summed E-state index contributed by atoms with van der Waals surface area (Å²) >= 11 is 5.97. The molecule has 0 aliphatic heterocycles. The van der Waals surface area contributed by atoms with Crippen LogP contribution in [0.25, 0.3) is 0 Å². The number of rotatable bonds is 7. The van der Waals surface area contributed by atoms with Crippen LogP contribution in [0, 0.1) is 6.92 Å². The summed E-state index contributed by atoms with van der Waals surface area (Å²) in [7, 11) is 0. The minimum Gasteiger partial charge on any atom is -0.482 e. The molecule has 136 valence electrons. The molecule has 3 rings (SSSR count). The summed E-state index contributed by atoms with van der Waals surface area (Å²) in [4.78, 5) is 24.6. The number of amides is 1. The van der Waals surface area contributed by atoms with E-state index in [1.165, 1.54) is 0 Å². The molecule has 2 aromatic rings. The Balaban J connectivity index is 1.62. The fourth-order valence-corrected chi connectivity index (χ4v) is 2.54. The predicted molar refractivity (Wildman–Crippen MR) is 98.1 cm³/mol. The van der Waals surface area contributed by atoms with Crippen LogP contribution in [0.5, 0.6) is 5.75 Å². The Labute approximate surface area is 157 Å². The van der Waals surface area contributed by atoms with E-state index < -0.39 is 12.1 Å². The van der Waals surface area contributed by atoms with E-state index in [1.54, 1.807) is 42.5 Å². The van der Waals surface area contributed by atoms with Crippen molar-refractivity contribution in [1.82, 2.24) is 5.32 Å². The number of ether oxygens (including phenoxy) is 2.